The molecule has 6 rings (SSSR count). The van der Waals surface area contributed by atoms with Crippen molar-refractivity contribution in [3.63, 3.8) is 0 Å². The van der Waals surface area contributed by atoms with Gasteiger partial charge in [-0.25, -0.2) is 0 Å². The Bertz CT molecular complexity index is 1760. The molecule has 1 heterocycles. The number of methoxy groups -OCH3 is 1. The molecule has 2 fully saturated rings. The molecular formula is C49H62O6Si. The number of aliphatic hydroxyl groups excluding tert-OH is 1. The fourth-order valence-electron chi connectivity index (χ4n) is 9.33. The topological polar surface area (TPSA) is 74.2 Å². The third-order valence-electron chi connectivity index (χ3n) is 12.2. The van der Waals surface area contributed by atoms with Crippen LogP contribution < -0.4 is 10.4 Å². The fraction of sp³-hybridized carbons (Fsp3) is 0.449. The molecule has 1 saturated carbocycles. The smallest absolute Gasteiger partial charge is 0.305 e. The molecule has 2 aliphatic rings. The number of rotatable bonds is 17. The number of hydrogen-bond acceptors (Lipinski definition) is 6. The maximum Gasteiger partial charge on any atom is 0.305 e. The van der Waals surface area contributed by atoms with E-state index in [1.807, 2.05) is 6.07 Å². The molecule has 1 N–H and O–H groups in total. The van der Waals surface area contributed by atoms with Gasteiger partial charge in [-0.15, -0.1) is 0 Å². The Labute approximate surface area is 336 Å². The van der Waals surface area contributed by atoms with Crippen molar-refractivity contribution in [1.29, 1.82) is 0 Å². The molecule has 298 valence electrons. The van der Waals surface area contributed by atoms with Crippen molar-refractivity contribution in [2.24, 2.45) is 17.3 Å². The summed E-state index contributed by atoms with van der Waals surface area (Å²) < 4.78 is 25.8. The predicted molar refractivity (Wildman–Crippen MR) is 228 cm³/mol. The minimum absolute atomic E-state index is 0.00219. The van der Waals surface area contributed by atoms with E-state index in [2.05, 4.69) is 142 Å². The summed E-state index contributed by atoms with van der Waals surface area (Å²) in [6, 6.07) is 41.0. The number of ether oxygens (including phenoxy) is 3. The first-order chi connectivity index (χ1) is 27.2. The molecule has 1 aliphatic carbocycles. The zero-order chi connectivity index (χ0) is 39.4. The van der Waals surface area contributed by atoms with Crippen LogP contribution in [0.15, 0.2) is 127 Å². The number of esters is 1. The average Bonchev–Trinajstić information content (AvgIpc) is 3.51. The van der Waals surface area contributed by atoms with E-state index in [9.17, 15) is 9.90 Å². The molecule has 0 bridgehead atoms. The fourth-order valence-corrected chi connectivity index (χ4v) is 13.9. The summed E-state index contributed by atoms with van der Waals surface area (Å²) in [7, 11) is -1.43. The summed E-state index contributed by atoms with van der Waals surface area (Å²) in [6.45, 7) is 8.21. The normalized spacial score (nSPS) is 23.0. The highest BCUT2D eigenvalue weighted by Gasteiger charge is 2.56. The van der Waals surface area contributed by atoms with Crippen LogP contribution in [0.2, 0.25) is 5.04 Å². The second-order valence-corrected chi connectivity index (χ2v) is 21.2. The molecule has 0 spiro atoms. The molecule has 0 amide bonds. The van der Waals surface area contributed by atoms with E-state index in [-0.39, 0.29) is 41.8 Å². The van der Waals surface area contributed by atoms with Crippen LogP contribution in [0.4, 0.5) is 0 Å². The number of carbonyl (C=O) groups is 1. The average molecular weight is 775 g/mol. The molecule has 6 nitrogen and oxygen atoms in total. The Balaban J connectivity index is 1.38. The van der Waals surface area contributed by atoms with E-state index >= 15 is 0 Å². The lowest BCUT2D eigenvalue weighted by molar-refractivity contribution is -0.198. The predicted octanol–water partition coefficient (Wildman–Crippen LogP) is 9.29. The van der Waals surface area contributed by atoms with Crippen LogP contribution in [0.1, 0.15) is 77.7 Å². The Morgan fingerprint density at radius 3 is 2.05 bits per heavy atom. The first-order valence-corrected chi connectivity index (χ1v) is 22.6. The van der Waals surface area contributed by atoms with E-state index in [1.54, 1.807) is 0 Å². The molecular weight excluding hydrogens is 713 g/mol. The number of hydrogen-bond donors (Lipinski definition) is 1. The molecule has 0 aromatic heterocycles. The van der Waals surface area contributed by atoms with Gasteiger partial charge in [-0.1, -0.05) is 148 Å². The van der Waals surface area contributed by atoms with Crippen molar-refractivity contribution in [1.82, 2.24) is 0 Å². The molecule has 1 aliphatic heterocycles. The highest BCUT2D eigenvalue weighted by atomic mass is 28.4. The number of unbranched alkanes of at least 4 members (excludes halogenated alkanes) is 1. The SMILES string of the molecule is COC(=O)CCC/C=C\C[C@@H]1[C@@H](CO[Si](c2ccccc2)(c2ccccc2)C(C)(C)C)[C@H](OC2CCCCO2)C[C@@]1(CO)Cc1ccc(-c2ccccc2)cc1. The van der Waals surface area contributed by atoms with E-state index in [4.69, 9.17) is 18.6 Å². The molecule has 7 heteroatoms. The molecule has 0 radical (unpaired) electrons. The highest BCUT2D eigenvalue weighted by Crippen LogP contribution is 2.53. The van der Waals surface area contributed by atoms with Gasteiger partial charge in [-0.05, 0) is 89.4 Å². The van der Waals surface area contributed by atoms with Gasteiger partial charge in [0.1, 0.15) is 0 Å². The largest absolute Gasteiger partial charge is 0.469 e. The Kier molecular flexibility index (Phi) is 14.6. The van der Waals surface area contributed by atoms with Crippen molar-refractivity contribution in [3.8, 4) is 11.1 Å². The maximum atomic E-state index is 11.8. The Morgan fingerprint density at radius 2 is 1.48 bits per heavy atom. The van der Waals surface area contributed by atoms with Gasteiger partial charge >= 0.3 is 5.97 Å². The van der Waals surface area contributed by atoms with Crippen molar-refractivity contribution in [3.05, 3.63) is 133 Å². The first-order valence-electron chi connectivity index (χ1n) is 20.7. The molecule has 5 atom stereocenters. The highest BCUT2D eigenvalue weighted by molar-refractivity contribution is 6.99. The minimum atomic E-state index is -2.87. The Morgan fingerprint density at radius 1 is 0.857 bits per heavy atom. The third kappa shape index (κ3) is 9.80. The summed E-state index contributed by atoms with van der Waals surface area (Å²) in [5, 5.41) is 14.0. The van der Waals surface area contributed by atoms with E-state index < -0.39 is 13.7 Å². The van der Waals surface area contributed by atoms with Crippen LogP contribution in [0.25, 0.3) is 11.1 Å². The van der Waals surface area contributed by atoms with Crippen molar-refractivity contribution < 1.29 is 28.5 Å². The number of carbonyl (C=O) groups excluding carboxylic acids is 1. The zero-order valence-corrected chi connectivity index (χ0v) is 34.9. The molecule has 4 aromatic rings. The summed E-state index contributed by atoms with van der Waals surface area (Å²) >= 11 is 0. The van der Waals surface area contributed by atoms with Gasteiger partial charge in [0.05, 0.1) is 13.2 Å². The molecule has 1 unspecified atom stereocenters. The van der Waals surface area contributed by atoms with Gasteiger partial charge in [-0.3, -0.25) is 4.79 Å². The van der Waals surface area contributed by atoms with Gasteiger partial charge in [0.15, 0.2) is 6.29 Å². The summed E-state index contributed by atoms with van der Waals surface area (Å²) in [5.74, 6) is -0.125. The molecule has 4 aromatic carbocycles. The quantitative estimate of drug-likeness (QED) is 0.0499. The monoisotopic (exact) mass is 774 g/mol. The number of benzene rings is 4. The van der Waals surface area contributed by atoms with Gasteiger partial charge in [-0.2, -0.15) is 0 Å². The third-order valence-corrected chi connectivity index (χ3v) is 17.2. The van der Waals surface area contributed by atoms with Crippen LogP contribution in [0.5, 0.6) is 0 Å². The summed E-state index contributed by atoms with van der Waals surface area (Å²) in [6.07, 6.45) is 11.1. The van der Waals surface area contributed by atoms with Crippen molar-refractivity contribution in [2.45, 2.75) is 96.0 Å². The van der Waals surface area contributed by atoms with Crippen LogP contribution in [-0.4, -0.2) is 58.7 Å². The number of aliphatic hydroxyl groups is 1. The van der Waals surface area contributed by atoms with Gasteiger partial charge < -0.3 is 23.7 Å². The minimum Gasteiger partial charge on any atom is -0.469 e. The summed E-state index contributed by atoms with van der Waals surface area (Å²) in [4.78, 5) is 11.8. The van der Waals surface area contributed by atoms with Crippen LogP contribution in [-0.2, 0) is 29.9 Å². The lowest BCUT2D eigenvalue weighted by atomic mass is 9.70. The van der Waals surface area contributed by atoms with Crippen LogP contribution >= 0.6 is 0 Å². The second-order valence-electron chi connectivity index (χ2n) is 16.9. The van der Waals surface area contributed by atoms with Gasteiger partial charge in [0.25, 0.3) is 8.32 Å². The van der Waals surface area contributed by atoms with Crippen LogP contribution in [0, 0.1) is 17.3 Å². The van der Waals surface area contributed by atoms with E-state index in [0.29, 0.717) is 26.1 Å². The maximum absolute atomic E-state index is 11.8. The van der Waals surface area contributed by atoms with Gasteiger partial charge in [0.2, 0.25) is 0 Å². The summed E-state index contributed by atoms with van der Waals surface area (Å²) in [5.41, 5.74) is 3.11. The lowest BCUT2D eigenvalue weighted by Gasteiger charge is -2.44. The van der Waals surface area contributed by atoms with Crippen molar-refractivity contribution >= 4 is 24.7 Å². The second kappa shape index (κ2) is 19.5. The lowest BCUT2D eigenvalue weighted by Crippen LogP contribution is -2.67. The standard InChI is InChI=1S/C49H62O6Si/c1-48(2,3)56(41-22-12-8-13-23-41,42-24-14-9-15-25-42)54-36-43-44(26-16-5-6-17-27-46(51)52-4)49(37-50,35-45(43)55-47-28-18-19-33-53-47)34-38-29-31-40(32-30-38)39-20-10-7-11-21-39/h5,7-16,20-25,29-32,43-45,47,50H,6,17-19,26-28,33-37H2,1-4H3/b16-5-/t43-,44-,45-,47?,49-/m1/s1. The zero-order valence-electron chi connectivity index (χ0n) is 33.9. The van der Waals surface area contributed by atoms with E-state index in [0.717, 1.165) is 44.9 Å². The van der Waals surface area contributed by atoms with Gasteiger partial charge in [0, 0.05) is 37.6 Å². The van der Waals surface area contributed by atoms with Crippen molar-refractivity contribution in [2.75, 3.05) is 26.9 Å². The molecule has 1 saturated heterocycles. The van der Waals surface area contributed by atoms with Crippen LogP contribution in [0.3, 0.4) is 0 Å². The first kappa shape index (κ1) is 41.8. The number of allylic oxidation sites excluding steroid dienone is 2. The molecule has 56 heavy (non-hydrogen) atoms. The van der Waals surface area contributed by atoms with E-state index in [1.165, 1.54) is 34.2 Å². The Hall–Kier alpha value is -3.85.